The van der Waals surface area contributed by atoms with Gasteiger partial charge in [-0.05, 0) is 29.8 Å². The fourth-order valence-corrected chi connectivity index (χ4v) is 1.96. The van der Waals surface area contributed by atoms with Crippen molar-refractivity contribution in [3.8, 4) is 0 Å². The van der Waals surface area contributed by atoms with E-state index < -0.39 is 35.0 Å². The van der Waals surface area contributed by atoms with Crippen molar-refractivity contribution in [1.82, 2.24) is 0 Å². The van der Waals surface area contributed by atoms with Crippen LogP contribution in [0.15, 0.2) is 42.5 Å². The van der Waals surface area contributed by atoms with E-state index in [1.165, 1.54) is 18.2 Å². The van der Waals surface area contributed by atoms with Crippen molar-refractivity contribution in [2.75, 3.05) is 0 Å². The topological polar surface area (TPSA) is 20.2 Å². The number of hydrogen-bond acceptors (Lipinski definition) is 1. The predicted octanol–water partition coefficient (Wildman–Crippen LogP) is 4.26. The zero-order valence-corrected chi connectivity index (χ0v) is 10.7. The average molecular weight is 302 g/mol. The van der Waals surface area contributed by atoms with Crippen LogP contribution in [0.1, 0.15) is 22.8 Å². The Morgan fingerprint density at radius 2 is 1.62 bits per heavy atom. The van der Waals surface area contributed by atoms with Gasteiger partial charge in [-0.3, -0.25) is 0 Å². The van der Waals surface area contributed by atoms with Gasteiger partial charge in [0.15, 0.2) is 0 Å². The molecule has 2 aromatic rings. The Hall–Kier alpha value is -1.95. The summed E-state index contributed by atoms with van der Waals surface area (Å²) in [5.74, 6) is -1.57. The SMILES string of the molecule is OC(Cc1ccccc1F)c1cc(C(F)(F)F)ccc1F. The van der Waals surface area contributed by atoms with Gasteiger partial charge < -0.3 is 5.11 Å². The molecule has 6 heteroatoms. The molecule has 1 unspecified atom stereocenters. The Balaban J connectivity index is 2.31. The Morgan fingerprint density at radius 3 is 2.24 bits per heavy atom. The van der Waals surface area contributed by atoms with Crippen LogP contribution in [0.3, 0.4) is 0 Å². The number of hydrogen-bond donors (Lipinski definition) is 1. The lowest BCUT2D eigenvalue weighted by atomic mass is 9.99. The second kappa shape index (κ2) is 5.81. The molecule has 0 radical (unpaired) electrons. The van der Waals surface area contributed by atoms with E-state index in [9.17, 15) is 27.1 Å². The van der Waals surface area contributed by atoms with Gasteiger partial charge in [-0.1, -0.05) is 18.2 Å². The summed E-state index contributed by atoms with van der Waals surface area (Å²) in [6, 6.07) is 7.27. The molecule has 0 amide bonds. The third kappa shape index (κ3) is 3.58. The molecule has 21 heavy (non-hydrogen) atoms. The fourth-order valence-electron chi connectivity index (χ4n) is 1.96. The summed E-state index contributed by atoms with van der Waals surface area (Å²) >= 11 is 0. The van der Waals surface area contributed by atoms with E-state index in [4.69, 9.17) is 0 Å². The summed E-state index contributed by atoms with van der Waals surface area (Å²) in [5, 5.41) is 9.90. The number of halogens is 5. The van der Waals surface area contributed by atoms with Crippen LogP contribution in [0.2, 0.25) is 0 Å². The maximum atomic E-state index is 13.6. The molecule has 1 atom stereocenters. The van der Waals surface area contributed by atoms with Gasteiger partial charge in [0.05, 0.1) is 11.7 Å². The molecule has 0 fully saturated rings. The molecule has 0 aliphatic carbocycles. The Kier molecular flexibility index (Phi) is 4.27. The molecular weight excluding hydrogens is 291 g/mol. The minimum atomic E-state index is -4.64. The van der Waals surface area contributed by atoms with E-state index in [0.717, 1.165) is 6.07 Å². The van der Waals surface area contributed by atoms with Crippen molar-refractivity contribution in [3.63, 3.8) is 0 Å². The van der Waals surface area contributed by atoms with Gasteiger partial charge in [0.1, 0.15) is 11.6 Å². The zero-order chi connectivity index (χ0) is 15.6. The molecule has 112 valence electrons. The highest BCUT2D eigenvalue weighted by Gasteiger charge is 2.32. The zero-order valence-electron chi connectivity index (χ0n) is 10.7. The third-order valence-electron chi connectivity index (χ3n) is 3.05. The monoisotopic (exact) mass is 302 g/mol. The first-order valence-corrected chi connectivity index (χ1v) is 6.07. The maximum Gasteiger partial charge on any atom is 0.416 e. The van der Waals surface area contributed by atoms with Crippen molar-refractivity contribution in [2.45, 2.75) is 18.7 Å². The lowest BCUT2D eigenvalue weighted by Crippen LogP contribution is -2.10. The quantitative estimate of drug-likeness (QED) is 0.840. The van der Waals surface area contributed by atoms with Crippen LogP contribution in [0.4, 0.5) is 22.0 Å². The summed E-state index contributed by atoms with van der Waals surface area (Å²) in [7, 11) is 0. The third-order valence-corrected chi connectivity index (χ3v) is 3.05. The van der Waals surface area contributed by atoms with Gasteiger partial charge in [0, 0.05) is 12.0 Å². The standard InChI is InChI=1S/C15H11F5O/c16-12-4-2-1-3-9(12)7-14(21)11-8-10(15(18,19)20)5-6-13(11)17/h1-6,8,14,21H,7H2. The lowest BCUT2D eigenvalue weighted by Gasteiger charge is -2.15. The lowest BCUT2D eigenvalue weighted by molar-refractivity contribution is -0.137. The number of benzene rings is 2. The highest BCUT2D eigenvalue weighted by Crippen LogP contribution is 2.32. The Morgan fingerprint density at radius 1 is 0.952 bits per heavy atom. The first-order valence-electron chi connectivity index (χ1n) is 6.07. The molecule has 0 spiro atoms. The van der Waals surface area contributed by atoms with Gasteiger partial charge >= 0.3 is 6.18 Å². The van der Waals surface area contributed by atoms with Gasteiger partial charge in [-0.15, -0.1) is 0 Å². The first-order chi connectivity index (χ1) is 9.79. The van der Waals surface area contributed by atoms with E-state index >= 15 is 0 Å². The molecule has 1 nitrogen and oxygen atoms in total. The van der Waals surface area contributed by atoms with Gasteiger partial charge in [0.25, 0.3) is 0 Å². The molecule has 0 bridgehead atoms. The molecule has 2 aromatic carbocycles. The van der Waals surface area contributed by atoms with Crippen LogP contribution >= 0.6 is 0 Å². The molecule has 2 rings (SSSR count). The summed E-state index contributed by atoms with van der Waals surface area (Å²) in [5.41, 5.74) is -1.47. The highest BCUT2D eigenvalue weighted by atomic mass is 19.4. The summed E-state index contributed by atoms with van der Waals surface area (Å²) in [4.78, 5) is 0. The largest absolute Gasteiger partial charge is 0.416 e. The van der Waals surface area contributed by atoms with E-state index in [2.05, 4.69) is 0 Å². The van der Waals surface area contributed by atoms with Crippen LogP contribution in [-0.4, -0.2) is 5.11 Å². The number of rotatable bonds is 3. The minimum Gasteiger partial charge on any atom is -0.388 e. The summed E-state index contributed by atoms with van der Waals surface area (Å²) < 4.78 is 64.8. The minimum absolute atomic E-state index is 0.0989. The molecule has 0 heterocycles. The maximum absolute atomic E-state index is 13.6. The van der Waals surface area contributed by atoms with Crippen molar-refractivity contribution in [2.24, 2.45) is 0 Å². The molecule has 0 saturated heterocycles. The predicted molar refractivity (Wildman–Crippen MR) is 66.5 cm³/mol. The van der Waals surface area contributed by atoms with Crippen molar-refractivity contribution in [1.29, 1.82) is 0 Å². The molecule has 0 aliphatic rings. The van der Waals surface area contributed by atoms with E-state index in [-0.39, 0.29) is 12.0 Å². The summed E-state index contributed by atoms with van der Waals surface area (Å²) in [6.45, 7) is 0. The summed E-state index contributed by atoms with van der Waals surface area (Å²) in [6.07, 6.45) is -6.52. The molecule has 0 aliphatic heterocycles. The van der Waals surface area contributed by atoms with Gasteiger partial charge in [0.2, 0.25) is 0 Å². The van der Waals surface area contributed by atoms with Crippen LogP contribution in [0.25, 0.3) is 0 Å². The molecule has 1 N–H and O–H groups in total. The van der Waals surface area contributed by atoms with Crippen molar-refractivity contribution < 1.29 is 27.1 Å². The van der Waals surface area contributed by atoms with E-state index in [1.807, 2.05) is 0 Å². The van der Waals surface area contributed by atoms with Crippen LogP contribution in [0.5, 0.6) is 0 Å². The average Bonchev–Trinajstić information content (AvgIpc) is 2.40. The van der Waals surface area contributed by atoms with Crippen molar-refractivity contribution >= 4 is 0 Å². The van der Waals surface area contributed by atoms with Crippen LogP contribution in [-0.2, 0) is 12.6 Å². The molecule has 0 saturated carbocycles. The Labute approximate surface area is 117 Å². The smallest absolute Gasteiger partial charge is 0.388 e. The van der Waals surface area contributed by atoms with Crippen LogP contribution in [0, 0.1) is 11.6 Å². The molecule has 0 aromatic heterocycles. The fraction of sp³-hybridized carbons (Fsp3) is 0.200. The van der Waals surface area contributed by atoms with E-state index in [0.29, 0.717) is 18.2 Å². The Bertz CT molecular complexity index is 636. The first kappa shape index (κ1) is 15.4. The highest BCUT2D eigenvalue weighted by molar-refractivity contribution is 5.30. The van der Waals surface area contributed by atoms with E-state index in [1.54, 1.807) is 0 Å². The number of alkyl halides is 3. The number of aliphatic hydroxyl groups excluding tert-OH is 1. The molecular formula is C15H11F5O. The number of aliphatic hydroxyl groups is 1. The second-order valence-electron chi connectivity index (χ2n) is 4.55. The van der Waals surface area contributed by atoms with Crippen LogP contribution < -0.4 is 0 Å². The normalized spacial score (nSPS) is 13.2. The van der Waals surface area contributed by atoms with Gasteiger partial charge in [-0.25, -0.2) is 8.78 Å². The second-order valence-corrected chi connectivity index (χ2v) is 4.55. The van der Waals surface area contributed by atoms with Crippen molar-refractivity contribution in [3.05, 3.63) is 70.8 Å². The van der Waals surface area contributed by atoms with Gasteiger partial charge in [-0.2, -0.15) is 13.2 Å².